The summed E-state index contributed by atoms with van der Waals surface area (Å²) in [7, 11) is -11.0. The van der Waals surface area contributed by atoms with E-state index < -0.39 is 26.7 Å². The minimum Gasteiger partial charge on any atom is -0.368 e. The Bertz CT molecular complexity index is 1160. The largest absolute Gasteiger partial charge is 0.369 e. The van der Waals surface area contributed by atoms with E-state index in [9.17, 15) is 39.1 Å². The van der Waals surface area contributed by atoms with E-state index in [1.54, 1.807) is 10.8 Å². The molecule has 0 amide bonds. The van der Waals surface area contributed by atoms with Crippen LogP contribution in [0.3, 0.4) is 0 Å². The van der Waals surface area contributed by atoms with Crippen molar-refractivity contribution >= 4 is 36.7 Å². The first kappa shape index (κ1) is 20.7. The van der Waals surface area contributed by atoms with Crippen LogP contribution in [-0.4, -0.2) is 34.3 Å². The van der Waals surface area contributed by atoms with Crippen LogP contribution in [0, 0.1) is 11.3 Å². The fourth-order valence-corrected chi connectivity index (χ4v) is 5.46. The van der Waals surface area contributed by atoms with Crippen molar-refractivity contribution in [3.63, 3.8) is 0 Å². The highest BCUT2D eigenvalue weighted by Gasteiger charge is 2.58. The quantitative estimate of drug-likeness (QED) is 0.377. The molecule has 0 unspecified atom stereocenters. The summed E-state index contributed by atoms with van der Waals surface area (Å²) < 4.78 is 24.4. The van der Waals surface area contributed by atoms with Crippen LogP contribution in [0.25, 0.3) is 21.5 Å². The number of fused-ring (bicyclic) bond motifs is 2. The Hall–Kier alpha value is -2.01. The van der Waals surface area contributed by atoms with Gasteiger partial charge in [0.25, 0.3) is 5.08 Å². The first-order chi connectivity index (χ1) is 13.0. The van der Waals surface area contributed by atoms with Gasteiger partial charge in [0.1, 0.15) is 11.8 Å². The molecule has 0 atom stereocenters. The SMILES string of the molecule is N#Cc1c2cc3ccccc3cc2cn1CCCC(O)(P(=O)(O)O)P(=O)(O)O. The van der Waals surface area contributed by atoms with Gasteiger partial charge in [-0.25, -0.2) is 0 Å². The van der Waals surface area contributed by atoms with E-state index in [4.69, 9.17) is 0 Å². The molecule has 5 N–H and O–H groups in total. The number of hydrogen-bond acceptors (Lipinski definition) is 4. The van der Waals surface area contributed by atoms with E-state index >= 15 is 0 Å². The summed E-state index contributed by atoms with van der Waals surface area (Å²) in [5, 5.41) is 19.4. The van der Waals surface area contributed by atoms with E-state index in [2.05, 4.69) is 6.07 Å². The summed E-state index contributed by atoms with van der Waals surface area (Å²) in [4.78, 5) is 36.8. The topological polar surface area (TPSA) is 164 Å². The average Bonchev–Trinajstić information content (AvgIpc) is 2.93. The van der Waals surface area contributed by atoms with Crippen molar-refractivity contribution in [3.05, 3.63) is 48.3 Å². The minimum absolute atomic E-state index is 0.0379. The van der Waals surface area contributed by atoms with Crippen LogP contribution in [0.1, 0.15) is 18.5 Å². The van der Waals surface area contributed by atoms with Gasteiger partial charge < -0.3 is 29.2 Å². The third-order valence-corrected chi connectivity index (χ3v) is 8.58. The molecule has 0 bridgehead atoms. The Kier molecular flexibility index (Phi) is 5.26. The summed E-state index contributed by atoms with van der Waals surface area (Å²) in [5.41, 5.74) is 0.316. The van der Waals surface area contributed by atoms with Crippen LogP contribution < -0.4 is 0 Å². The molecule has 0 spiro atoms. The average molecular weight is 424 g/mol. The van der Waals surface area contributed by atoms with Crippen molar-refractivity contribution in [2.75, 3.05) is 0 Å². The second-order valence-electron chi connectivity index (χ2n) is 6.54. The molecule has 0 saturated heterocycles. The van der Waals surface area contributed by atoms with Crippen molar-refractivity contribution in [1.82, 2.24) is 4.57 Å². The van der Waals surface area contributed by atoms with Crippen molar-refractivity contribution in [1.29, 1.82) is 5.26 Å². The summed E-state index contributed by atoms with van der Waals surface area (Å²) in [6, 6.07) is 13.5. The highest BCUT2D eigenvalue weighted by Crippen LogP contribution is 2.69. The van der Waals surface area contributed by atoms with Gasteiger partial charge in [-0.1, -0.05) is 24.3 Å². The standard InChI is InChI=1S/C17H18N2O7P2/c18-10-16-15-9-13-5-2-1-4-12(13)8-14(15)11-19(16)7-3-6-17(20,27(21,22)23)28(24,25)26/h1-2,4-5,8-9,11,20H,3,6-7H2,(H2,21,22,23)(H2,24,25,26). The van der Waals surface area contributed by atoms with Crippen molar-refractivity contribution in [3.8, 4) is 6.07 Å². The molecule has 28 heavy (non-hydrogen) atoms. The van der Waals surface area contributed by atoms with Gasteiger partial charge in [-0.05, 0) is 29.3 Å². The molecule has 1 heterocycles. The van der Waals surface area contributed by atoms with Crippen molar-refractivity contribution in [2.24, 2.45) is 0 Å². The molecule has 3 rings (SSSR count). The summed E-state index contributed by atoms with van der Waals surface area (Å²) in [5.74, 6) is 0. The van der Waals surface area contributed by atoms with E-state index in [1.807, 2.05) is 36.4 Å². The molecular formula is C17H18N2O7P2. The van der Waals surface area contributed by atoms with Gasteiger partial charge in [-0.15, -0.1) is 0 Å². The number of nitriles is 1. The van der Waals surface area contributed by atoms with Crippen LogP contribution in [0.2, 0.25) is 0 Å². The van der Waals surface area contributed by atoms with Crippen LogP contribution >= 0.6 is 15.2 Å². The number of rotatable bonds is 6. The molecule has 2 aromatic carbocycles. The van der Waals surface area contributed by atoms with E-state index in [0.29, 0.717) is 11.1 Å². The Balaban J connectivity index is 1.92. The Morgan fingerprint density at radius 3 is 2.11 bits per heavy atom. The predicted octanol–water partition coefficient (Wildman–Crippen LogP) is 2.45. The third-order valence-electron chi connectivity index (χ3n) is 4.71. The molecule has 0 aliphatic rings. The second-order valence-corrected chi connectivity index (χ2v) is 10.5. The normalized spacial score (nSPS) is 13.1. The van der Waals surface area contributed by atoms with Crippen LogP contribution in [0.5, 0.6) is 0 Å². The van der Waals surface area contributed by atoms with Crippen LogP contribution in [-0.2, 0) is 15.7 Å². The maximum absolute atomic E-state index is 11.4. The summed E-state index contributed by atoms with van der Waals surface area (Å²) in [6.07, 6.45) is 0.694. The van der Waals surface area contributed by atoms with Crippen LogP contribution in [0.15, 0.2) is 42.6 Å². The van der Waals surface area contributed by atoms with Gasteiger partial charge in [0.2, 0.25) is 0 Å². The minimum atomic E-state index is -5.49. The Morgan fingerprint density at radius 2 is 1.57 bits per heavy atom. The smallest absolute Gasteiger partial charge is 0.368 e. The molecule has 0 fully saturated rings. The first-order valence-electron chi connectivity index (χ1n) is 8.23. The lowest BCUT2D eigenvalue weighted by atomic mass is 10.1. The summed E-state index contributed by atoms with van der Waals surface area (Å²) >= 11 is 0. The zero-order chi connectivity index (χ0) is 20.7. The molecule has 11 heteroatoms. The molecule has 0 saturated carbocycles. The van der Waals surface area contributed by atoms with E-state index in [-0.39, 0.29) is 13.0 Å². The number of aromatic nitrogens is 1. The fourth-order valence-electron chi connectivity index (χ4n) is 3.21. The van der Waals surface area contributed by atoms with Crippen molar-refractivity contribution in [2.45, 2.75) is 24.5 Å². The monoisotopic (exact) mass is 424 g/mol. The maximum Gasteiger partial charge on any atom is 0.369 e. The first-order valence-corrected chi connectivity index (χ1v) is 11.5. The van der Waals surface area contributed by atoms with Gasteiger partial charge in [-0.2, -0.15) is 5.26 Å². The van der Waals surface area contributed by atoms with E-state index in [0.717, 1.165) is 16.2 Å². The Morgan fingerprint density at radius 1 is 1.00 bits per heavy atom. The number of nitrogens with zero attached hydrogens (tertiary/aromatic N) is 2. The molecule has 0 aliphatic carbocycles. The molecular weight excluding hydrogens is 406 g/mol. The van der Waals surface area contributed by atoms with Gasteiger partial charge in [0.05, 0.1) is 0 Å². The van der Waals surface area contributed by atoms with Gasteiger partial charge in [0.15, 0.2) is 0 Å². The molecule has 9 nitrogen and oxygen atoms in total. The van der Waals surface area contributed by atoms with Gasteiger partial charge in [0, 0.05) is 29.9 Å². The highest BCUT2D eigenvalue weighted by molar-refractivity contribution is 7.72. The molecule has 148 valence electrons. The lowest BCUT2D eigenvalue weighted by Gasteiger charge is -2.29. The second kappa shape index (κ2) is 7.11. The molecule has 0 radical (unpaired) electrons. The number of aryl methyl sites for hydroxylation is 1. The molecule has 1 aromatic heterocycles. The zero-order valence-corrected chi connectivity index (χ0v) is 16.3. The number of aliphatic hydroxyl groups is 1. The molecule has 0 aliphatic heterocycles. The summed E-state index contributed by atoms with van der Waals surface area (Å²) in [6.45, 7) is 0.0379. The fraction of sp³-hybridized carbons (Fsp3) is 0.235. The third kappa shape index (κ3) is 3.52. The Labute approximate surface area is 159 Å². The van der Waals surface area contributed by atoms with Crippen LogP contribution in [0.4, 0.5) is 0 Å². The van der Waals surface area contributed by atoms with Gasteiger partial charge in [-0.3, -0.25) is 9.13 Å². The molecule has 3 aromatic rings. The van der Waals surface area contributed by atoms with Gasteiger partial charge >= 0.3 is 15.2 Å². The lowest BCUT2D eigenvalue weighted by Crippen LogP contribution is -2.29. The maximum atomic E-state index is 11.4. The highest BCUT2D eigenvalue weighted by atomic mass is 31.2. The zero-order valence-electron chi connectivity index (χ0n) is 14.5. The lowest BCUT2D eigenvalue weighted by molar-refractivity contribution is 0.120. The van der Waals surface area contributed by atoms with Crippen molar-refractivity contribution < 1.29 is 33.8 Å². The number of benzene rings is 2. The predicted molar refractivity (Wildman–Crippen MR) is 102 cm³/mol. The number of hydrogen-bond donors (Lipinski definition) is 5. The van der Waals surface area contributed by atoms with E-state index in [1.165, 1.54) is 0 Å².